The van der Waals surface area contributed by atoms with Crippen LogP contribution < -0.4 is 16.6 Å². The molecule has 0 aromatic carbocycles. The van der Waals surface area contributed by atoms with Crippen molar-refractivity contribution in [1.29, 1.82) is 0 Å². The van der Waals surface area contributed by atoms with Crippen molar-refractivity contribution in [2.24, 2.45) is 14.1 Å². The number of nitrogens with zero attached hydrogens (tertiary/aromatic N) is 3. The maximum absolute atomic E-state index is 11.8. The highest BCUT2D eigenvalue weighted by atomic mass is 32.1. The minimum Gasteiger partial charge on any atom is -0.357 e. The van der Waals surface area contributed by atoms with Crippen molar-refractivity contribution in [3.63, 3.8) is 0 Å². The first-order valence-corrected chi connectivity index (χ1v) is 5.86. The van der Waals surface area contributed by atoms with Crippen LogP contribution in [0.1, 0.15) is 5.56 Å². The molecule has 2 heterocycles. The second kappa shape index (κ2) is 4.54. The number of nitrogens with one attached hydrogen (secondary N) is 1. The van der Waals surface area contributed by atoms with E-state index in [0.717, 1.165) is 9.70 Å². The maximum Gasteiger partial charge on any atom is 0.330 e. The normalized spacial score (nSPS) is 10.5. The lowest BCUT2D eigenvalue weighted by molar-refractivity contribution is 0.671. The second-order valence-corrected chi connectivity index (χ2v) is 4.50. The Kier molecular flexibility index (Phi) is 3.10. The summed E-state index contributed by atoms with van der Waals surface area (Å²) in [5.41, 5.74) is -0.0741. The number of anilines is 1. The lowest BCUT2D eigenvalue weighted by atomic mass is 10.3. The maximum atomic E-state index is 11.8. The fourth-order valence-electron chi connectivity index (χ4n) is 1.49. The van der Waals surface area contributed by atoms with Crippen molar-refractivity contribution in [1.82, 2.24) is 14.1 Å². The van der Waals surface area contributed by atoms with E-state index in [9.17, 15) is 9.59 Å². The minimum absolute atomic E-state index is 0.280. The lowest BCUT2D eigenvalue weighted by Crippen LogP contribution is -2.38. The molecule has 0 atom stereocenters. The third-order valence-electron chi connectivity index (χ3n) is 2.38. The van der Waals surface area contributed by atoms with Gasteiger partial charge in [0.2, 0.25) is 0 Å². The average Bonchev–Trinajstić information content (AvgIpc) is 2.82. The average molecular weight is 252 g/mol. The second-order valence-electron chi connectivity index (χ2n) is 3.60. The van der Waals surface area contributed by atoms with Gasteiger partial charge in [-0.25, -0.2) is 9.78 Å². The van der Waals surface area contributed by atoms with Gasteiger partial charge in [-0.2, -0.15) is 0 Å². The van der Waals surface area contributed by atoms with Crippen molar-refractivity contribution in [3.05, 3.63) is 44.2 Å². The van der Waals surface area contributed by atoms with Crippen LogP contribution in [0.25, 0.3) is 0 Å². The highest BCUT2D eigenvalue weighted by Gasteiger charge is 2.06. The van der Waals surface area contributed by atoms with Gasteiger partial charge >= 0.3 is 5.69 Å². The van der Waals surface area contributed by atoms with Crippen molar-refractivity contribution >= 4 is 16.5 Å². The Balaban J connectivity index is 2.28. The number of rotatable bonds is 3. The molecule has 0 amide bonds. The summed E-state index contributed by atoms with van der Waals surface area (Å²) < 4.78 is 2.49. The van der Waals surface area contributed by atoms with E-state index in [1.165, 1.54) is 23.0 Å². The molecule has 0 aliphatic rings. The zero-order chi connectivity index (χ0) is 12.4. The first-order valence-electron chi connectivity index (χ1n) is 4.98. The van der Waals surface area contributed by atoms with Gasteiger partial charge in [0.05, 0.1) is 5.56 Å². The van der Waals surface area contributed by atoms with Gasteiger partial charge in [0.1, 0.15) is 0 Å². The lowest BCUT2D eigenvalue weighted by Gasteiger charge is -2.06. The smallest absolute Gasteiger partial charge is 0.330 e. The van der Waals surface area contributed by atoms with Gasteiger partial charge in [0, 0.05) is 38.4 Å². The van der Waals surface area contributed by atoms with E-state index >= 15 is 0 Å². The number of aryl methyl sites for hydroxylation is 1. The van der Waals surface area contributed by atoms with Crippen LogP contribution in [0, 0.1) is 0 Å². The van der Waals surface area contributed by atoms with Crippen LogP contribution in [0.3, 0.4) is 0 Å². The molecular weight excluding hydrogens is 240 g/mol. The Morgan fingerprint density at radius 1 is 1.41 bits per heavy atom. The first kappa shape index (κ1) is 11.6. The molecule has 0 radical (unpaired) electrons. The van der Waals surface area contributed by atoms with Crippen molar-refractivity contribution in [2.75, 3.05) is 5.32 Å². The van der Waals surface area contributed by atoms with E-state index in [-0.39, 0.29) is 11.2 Å². The van der Waals surface area contributed by atoms with Crippen LogP contribution >= 0.6 is 11.3 Å². The molecule has 0 bridgehead atoms. The molecule has 0 aliphatic heterocycles. The molecule has 0 aliphatic carbocycles. The largest absolute Gasteiger partial charge is 0.357 e. The van der Waals surface area contributed by atoms with E-state index in [2.05, 4.69) is 10.3 Å². The molecule has 17 heavy (non-hydrogen) atoms. The van der Waals surface area contributed by atoms with Gasteiger partial charge in [0.15, 0.2) is 5.13 Å². The summed E-state index contributed by atoms with van der Waals surface area (Å²) in [7, 11) is 3.09. The monoisotopic (exact) mass is 252 g/mol. The summed E-state index contributed by atoms with van der Waals surface area (Å²) in [4.78, 5) is 27.3. The fourth-order valence-corrected chi connectivity index (χ4v) is 2.01. The van der Waals surface area contributed by atoms with Gasteiger partial charge in [-0.15, -0.1) is 11.3 Å². The van der Waals surface area contributed by atoms with E-state index in [0.29, 0.717) is 12.1 Å². The summed E-state index contributed by atoms with van der Waals surface area (Å²) >= 11 is 1.46. The predicted molar refractivity (Wildman–Crippen MR) is 66.4 cm³/mol. The van der Waals surface area contributed by atoms with Crippen LogP contribution in [-0.4, -0.2) is 14.1 Å². The molecule has 0 saturated carbocycles. The van der Waals surface area contributed by atoms with Crippen LogP contribution in [0.4, 0.5) is 5.13 Å². The first-order chi connectivity index (χ1) is 8.09. The van der Waals surface area contributed by atoms with Crippen molar-refractivity contribution in [3.8, 4) is 0 Å². The molecule has 2 rings (SSSR count). The van der Waals surface area contributed by atoms with Gasteiger partial charge in [-0.1, -0.05) is 0 Å². The summed E-state index contributed by atoms with van der Waals surface area (Å²) in [6.07, 6.45) is 3.23. The Morgan fingerprint density at radius 3 is 2.82 bits per heavy atom. The predicted octanol–water partition coefficient (Wildman–Crippen LogP) is 0.153. The Hall–Kier alpha value is -1.89. The molecule has 0 fully saturated rings. The van der Waals surface area contributed by atoms with Gasteiger partial charge in [-0.05, 0) is 0 Å². The van der Waals surface area contributed by atoms with Crippen LogP contribution in [-0.2, 0) is 20.6 Å². The van der Waals surface area contributed by atoms with Crippen molar-refractivity contribution < 1.29 is 0 Å². The molecule has 90 valence electrons. The Bertz CT molecular complexity index is 627. The summed E-state index contributed by atoms with van der Waals surface area (Å²) in [6, 6.07) is 0. The molecule has 1 N–H and O–H groups in total. The molecule has 2 aromatic heterocycles. The van der Waals surface area contributed by atoms with Crippen molar-refractivity contribution in [2.45, 2.75) is 6.54 Å². The summed E-state index contributed by atoms with van der Waals surface area (Å²) in [6.45, 7) is 0.355. The molecule has 6 nitrogen and oxygen atoms in total. The zero-order valence-corrected chi connectivity index (χ0v) is 10.3. The molecule has 0 saturated heterocycles. The number of aromatic nitrogens is 3. The third kappa shape index (κ3) is 2.28. The highest BCUT2D eigenvalue weighted by molar-refractivity contribution is 7.13. The number of thiazole rings is 1. The van der Waals surface area contributed by atoms with Crippen LogP contribution in [0.2, 0.25) is 0 Å². The van der Waals surface area contributed by atoms with Gasteiger partial charge < -0.3 is 9.88 Å². The SMILES string of the molecule is Cn1cc(CNc2nccs2)c(=O)n(C)c1=O. The molecule has 2 aromatic rings. The van der Waals surface area contributed by atoms with Crippen LogP contribution in [0.15, 0.2) is 27.4 Å². The van der Waals surface area contributed by atoms with E-state index in [4.69, 9.17) is 0 Å². The molecule has 0 spiro atoms. The van der Waals surface area contributed by atoms with E-state index < -0.39 is 0 Å². The zero-order valence-electron chi connectivity index (χ0n) is 9.51. The third-order valence-corrected chi connectivity index (χ3v) is 3.11. The quantitative estimate of drug-likeness (QED) is 0.844. The van der Waals surface area contributed by atoms with E-state index in [1.807, 2.05) is 5.38 Å². The Labute approximate surface area is 101 Å². The fraction of sp³-hybridized carbons (Fsp3) is 0.300. The summed E-state index contributed by atoms with van der Waals surface area (Å²) in [5.74, 6) is 0. The topological polar surface area (TPSA) is 68.9 Å². The summed E-state index contributed by atoms with van der Waals surface area (Å²) in [5, 5.41) is 5.63. The van der Waals surface area contributed by atoms with Gasteiger partial charge in [-0.3, -0.25) is 9.36 Å². The number of hydrogen-bond donors (Lipinski definition) is 1. The van der Waals surface area contributed by atoms with Gasteiger partial charge in [0.25, 0.3) is 5.56 Å². The highest BCUT2D eigenvalue weighted by Crippen LogP contribution is 2.10. The Morgan fingerprint density at radius 2 is 2.18 bits per heavy atom. The van der Waals surface area contributed by atoms with Crippen LogP contribution in [0.5, 0.6) is 0 Å². The molecule has 7 heteroatoms. The molecular formula is C10H12N4O2S. The van der Waals surface area contributed by atoms with E-state index in [1.54, 1.807) is 19.4 Å². The standard InChI is InChI=1S/C10H12N4O2S/c1-13-6-7(8(15)14(2)10(13)16)5-12-9-11-3-4-17-9/h3-4,6H,5H2,1-2H3,(H,11,12). The number of hydrogen-bond acceptors (Lipinski definition) is 5. The minimum atomic E-state index is -0.326. The molecule has 0 unspecified atom stereocenters.